The fourth-order valence-corrected chi connectivity index (χ4v) is 1.63. The van der Waals surface area contributed by atoms with Gasteiger partial charge in [0, 0.05) is 6.42 Å². The van der Waals surface area contributed by atoms with Gasteiger partial charge >= 0.3 is 0 Å². The number of oxime groups is 1. The molecule has 0 fully saturated rings. The topological polar surface area (TPSA) is 41.8 Å². The van der Waals surface area contributed by atoms with Gasteiger partial charge in [0.1, 0.15) is 0 Å². The Morgan fingerprint density at radius 1 is 1.40 bits per heavy atom. The van der Waals surface area contributed by atoms with E-state index >= 15 is 0 Å². The van der Waals surface area contributed by atoms with Gasteiger partial charge in [-0.1, -0.05) is 36.3 Å². The van der Waals surface area contributed by atoms with Gasteiger partial charge in [0.05, 0.1) is 12.3 Å². The molecule has 3 nitrogen and oxygen atoms in total. The maximum absolute atomic E-state index is 8.91. The van der Waals surface area contributed by atoms with Crippen LogP contribution in [0.5, 0.6) is 0 Å². The van der Waals surface area contributed by atoms with Crippen LogP contribution in [0.25, 0.3) is 0 Å². The maximum atomic E-state index is 8.91. The van der Waals surface area contributed by atoms with Crippen molar-refractivity contribution in [1.82, 2.24) is 0 Å². The lowest BCUT2D eigenvalue weighted by molar-refractivity contribution is 0.0390. The molecule has 1 atom stereocenters. The summed E-state index contributed by atoms with van der Waals surface area (Å²) in [4.78, 5) is 5.06. The Balaban J connectivity index is 2.10. The summed E-state index contributed by atoms with van der Waals surface area (Å²) in [6, 6.07) is 8.32. The van der Waals surface area contributed by atoms with E-state index in [-0.39, 0.29) is 12.7 Å². The van der Waals surface area contributed by atoms with E-state index in [1.54, 1.807) is 0 Å². The van der Waals surface area contributed by atoms with Crippen LogP contribution in [0.4, 0.5) is 0 Å². The zero-order valence-corrected chi connectivity index (χ0v) is 8.81. The number of benzene rings is 1. The van der Waals surface area contributed by atoms with Crippen molar-refractivity contribution in [3.63, 3.8) is 0 Å². The van der Waals surface area contributed by atoms with Crippen LogP contribution in [0.3, 0.4) is 0 Å². The minimum absolute atomic E-state index is 0.0278. The third-order valence-electron chi connectivity index (χ3n) is 2.63. The van der Waals surface area contributed by atoms with Crippen LogP contribution < -0.4 is 0 Å². The fourth-order valence-electron chi connectivity index (χ4n) is 1.63. The van der Waals surface area contributed by atoms with Crippen LogP contribution >= 0.6 is 0 Å². The molecule has 1 N–H and O–H groups in total. The number of rotatable bonds is 3. The van der Waals surface area contributed by atoms with Crippen LogP contribution in [0.1, 0.15) is 24.5 Å². The van der Waals surface area contributed by atoms with Crippen molar-refractivity contribution in [3.05, 3.63) is 35.4 Å². The largest absolute Gasteiger partial charge is 0.392 e. The lowest BCUT2D eigenvalue weighted by Crippen LogP contribution is -2.12. The second-order valence-corrected chi connectivity index (χ2v) is 3.70. The highest BCUT2D eigenvalue weighted by atomic mass is 16.6. The van der Waals surface area contributed by atoms with E-state index < -0.39 is 0 Å². The summed E-state index contributed by atoms with van der Waals surface area (Å²) in [5.41, 5.74) is 3.33. The molecule has 1 aliphatic rings. The van der Waals surface area contributed by atoms with Crippen LogP contribution in [0.2, 0.25) is 0 Å². The van der Waals surface area contributed by atoms with E-state index in [4.69, 9.17) is 9.94 Å². The number of nitrogens with zero attached hydrogens (tertiary/aromatic N) is 1. The smallest absolute Gasteiger partial charge is 0.156 e. The predicted octanol–water partition coefficient (Wildman–Crippen LogP) is 1.73. The maximum Gasteiger partial charge on any atom is 0.156 e. The average Bonchev–Trinajstić information content (AvgIpc) is 2.78. The van der Waals surface area contributed by atoms with Gasteiger partial charge in [0.25, 0.3) is 0 Å². The lowest BCUT2D eigenvalue weighted by Gasteiger charge is -2.02. The van der Waals surface area contributed by atoms with E-state index in [1.165, 1.54) is 5.56 Å². The van der Waals surface area contributed by atoms with Gasteiger partial charge in [-0.2, -0.15) is 0 Å². The SMILES string of the molecule is CCc1ccc(C2=NOC(CO)C2)cc1. The van der Waals surface area contributed by atoms with Gasteiger partial charge < -0.3 is 9.94 Å². The summed E-state index contributed by atoms with van der Waals surface area (Å²) in [7, 11) is 0. The summed E-state index contributed by atoms with van der Waals surface area (Å²) in [6.45, 7) is 2.16. The molecule has 0 radical (unpaired) electrons. The molecular formula is C12H15NO2. The molecule has 0 bridgehead atoms. The molecule has 80 valence electrons. The van der Waals surface area contributed by atoms with Crippen molar-refractivity contribution in [2.45, 2.75) is 25.9 Å². The molecule has 1 unspecified atom stereocenters. The first-order valence-electron chi connectivity index (χ1n) is 5.26. The second-order valence-electron chi connectivity index (χ2n) is 3.70. The van der Waals surface area contributed by atoms with E-state index in [1.807, 2.05) is 0 Å². The van der Waals surface area contributed by atoms with E-state index in [2.05, 4.69) is 36.3 Å². The number of aliphatic hydroxyl groups excluding tert-OH is 1. The van der Waals surface area contributed by atoms with Crippen molar-refractivity contribution in [2.75, 3.05) is 6.61 Å². The van der Waals surface area contributed by atoms with Crippen LogP contribution in [0.15, 0.2) is 29.4 Å². The fraction of sp³-hybridized carbons (Fsp3) is 0.417. The molecule has 1 heterocycles. The van der Waals surface area contributed by atoms with Crippen LogP contribution in [-0.4, -0.2) is 23.5 Å². The first kappa shape index (κ1) is 10.2. The van der Waals surface area contributed by atoms with E-state index in [9.17, 15) is 0 Å². The Morgan fingerprint density at radius 2 is 2.13 bits per heavy atom. The molecule has 1 aromatic rings. The molecule has 0 spiro atoms. The molecule has 3 heteroatoms. The van der Waals surface area contributed by atoms with Gasteiger partial charge in [-0.05, 0) is 17.5 Å². The molecule has 0 saturated heterocycles. The highest BCUT2D eigenvalue weighted by Crippen LogP contribution is 2.16. The van der Waals surface area contributed by atoms with Crippen LogP contribution in [0, 0.1) is 0 Å². The average molecular weight is 205 g/mol. The van der Waals surface area contributed by atoms with Crippen molar-refractivity contribution in [1.29, 1.82) is 0 Å². The summed E-state index contributed by atoms with van der Waals surface area (Å²) in [6.07, 6.45) is 1.58. The Morgan fingerprint density at radius 3 is 2.67 bits per heavy atom. The van der Waals surface area contributed by atoms with Gasteiger partial charge in [0.2, 0.25) is 0 Å². The highest BCUT2D eigenvalue weighted by Gasteiger charge is 2.20. The quantitative estimate of drug-likeness (QED) is 0.816. The third kappa shape index (κ3) is 2.18. The Kier molecular flexibility index (Phi) is 3.02. The number of hydrogen-bond donors (Lipinski definition) is 1. The van der Waals surface area contributed by atoms with Gasteiger partial charge in [-0.15, -0.1) is 0 Å². The molecule has 15 heavy (non-hydrogen) atoms. The van der Waals surface area contributed by atoms with Gasteiger partial charge in [-0.25, -0.2) is 0 Å². The lowest BCUT2D eigenvalue weighted by atomic mass is 10.0. The molecule has 1 aromatic carbocycles. The molecular weight excluding hydrogens is 190 g/mol. The number of aliphatic hydroxyl groups is 1. The Bertz CT molecular complexity index is 356. The van der Waals surface area contributed by atoms with E-state index in [0.29, 0.717) is 6.42 Å². The first-order chi connectivity index (χ1) is 7.33. The molecule has 0 aliphatic carbocycles. The van der Waals surface area contributed by atoms with Gasteiger partial charge in [0.15, 0.2) is 6.10 Å². The predicted molar refractivity (Wildman–Crippen MR) is 58.9 cm³/mol. The third-order valence-corrected chi connectivity index (χ3v) is 2.63. The van der Waals surface area contributed by atoms with E-state index in [0.717, 1.165) is 17.7 Å². The highest BCUT2D eigenvalue weighted by molar-refractivity contribution is 6.01. The molecule has 0 aromatic heterocycles. The first-order valence-corrected chi connectivity index (χ1v) is 5.26. The van der Waals surface area contributed by atoms with Crippen molar-refractivity contribution in [3.8, 4) is 0 Å². The van der Waals surface area contributed by atoms with Crippen molar-refractivity contribution >= 4 is 5.71 Å². The van der Waals surface area contributed by atoms with Crippen molar-refractivity contribution < 1.29 is 9.94 Å². The summed E-state index contributed by atoms with van der Waals surface area (Å²) < 4.78 is 0. The zero-order chi connectivity index (χ0) is 10.7. The Hall–Kier alpha value is -1.35. The number of aryl methyl sites for hydroxylation is 1. The van der Waals surface area contributed by atoms with Gasteiger partial charge in [-0.3, -0.25) is 0 Å². The standard InChI is InChI=1S/C12H15NO2/c1-2-9-3-5-10(6-4-9)12-7-11(8-14)15-13-12/h3-6,11,14H,2,7-8H2,1H3. The number of hydrogen-bond acceptors (Lipinski definition) is 3. The Labute approximate surface area is 89.4 Å². The summed E-state index contributed by atoms with van der Waals surface area (Å²) >= 11 is 0. The molecule has 0 saturated carbocycles. The zero-order valence-electron chi connectivity index (χ0n) is 8.81. The van der Waals surface area contributed by atoms with Crippen LogP contribution in [-0.2, 0) is 11.3 Å². The summed E-state index contributed by atoms with van der Waals surface area (Å²) in [5.74, 6) is 0. The van der Waals surface area contributed by atoms with Crippen molar-refractivity contribution in [2.24, 2.45) is 5.16 Å². The normalized spacial score (nSPS) is 19.9. The molecule has 2 rings (SSSR count). The monoisotopic (exact) mass is 205 g/mol. The molecule has 1 aliphatic heterocycles. The molecule has 0 amide bonds. The summed E-state index contributed by atoms with van der Waals surface area (Å²) in [5, 5.41) is 12.9. The minimum atomic E-state index is -0.161. The minimum Gasteiger partial charge on any atom is -0.392 e. The second kappa shape index (κ2) is 4.45.